The first-order valence-corrected chi connectivity index (χ1v) is 6.28. The van der Waals surface area contributed by atoms with Crippen LogP contribution >= 0.6 is 0 Å². The molecule has 1 N–H and O–H groups in total. The molecule has 2 nitrogen and oxygen atoms in total. The number of aryl methyl sites for hydroxylation is 2. The van der Waals surface area contributed by atoms with Crippen molar-refractivity contribution in [3.63, 3.8) is 0 Å². The van der Waals surface area contributed by atoms with E-state index in [1.165, 1.54) is 0 Å². The van der Waals surface area contributed by atoms with Crippen molar-refractivity contribution in [2.45, 2.75) is 33.0 Å². The van der Waals surface area contributed by atoms with Crippen LogP contribution in [0, 0.1) is 13.8 Å². The Morgan fingerprint density at radius 1 is 1.26 bits per heavy atom. The Morgan fingerprint density at radius 2 is 1.95 bits per heavy atom. The summed E-state index contributed by atoms with van der Waals surface area (Å²) in [6.07, 6.45) is -4.28. The van der Waals surface area contributed by atoms with E-state index >= 15 is 0 Å². The fraction of sp³-hybridized carbons (Fsp3) is 0.571. The summed E-state index contributed by atoms with van der Waals surface area (Å²) >= 11 is 0. The minimum atomic E-state index is -4.28. The van der Waals surface area contributed by atoms with E-state index in [0.29, 0.717) is 6.54 Å². The van der Waals surface area contributed by atoms with Gasteiger partial charge in [-0.3, -0.25) is 0 Å². The quantitative estimate of drug-likeness (QED) is 0.857. The molecule has 0 saturated carbocycles. The lowest BCUT2D eigenvalue weighted by Gasteiger charge is -2.21. The summed E-state index contributed by atoms with van der Waals surface area (Å²) in [6.45, 7) is 5.30. The molecule has 1 aromatic rings. The van der Waals surface area contributed by atoms with Crippen molar-refractivity contribution in [1.82, 2.24) is 5.32 Å². The monoisotopic (exact) mass is 275 g/mol. The largest absolute Gasteiger partial charge is 0.411 e. The predicted octanol–water partition coefficient (Wildman–Crippen LogP) is 3.53. The molecule has 0 aliphatic rings. The van der Waals surface area contributed by atoms with Gasteiger partial charge < -0.3 is 10.1 Å². The van der Waals surface area contributed by atoms with Gasteiger partial charge in [0.15, 0.2) is 0 Å². The molecule has 1 unspecified atom stereocenters. The third-order valence-electron chi connectivity index (χ3n) is 2.81. The van der Waals surface area contributed by atoms with Gasteiger partial charge in [0.25, 0.3) is 0 Å². The number of ether oxygens (including phenoxy) is 1. The van der Waals surface area contributed by atoms with E-state index in [2.05, 4.69) is 5.32 Å². The minimum Gasteiger partial charge on any atom is -0.370 e. The first kappa shape index (κ1) is 16.0. The highest BCUT2D eigenvalue weighted by atomic mass is 19.4. The highest BCUT2D eigenvalue weighted by molar-refractivity contribution is 5.33. The van der Waals surface area contributed by atoms with Crippen LogP contribution in [-0.4, -0.2) is 25.9 Å². The van der Waals surface area contributed by atoms with Gasteiger partial charge in [0, 0.05) is 0 Å². The molecule has 0 aliphatic carbocycles. The molecule has 0 aromatic heterocycles. The normalized spacial score (nSPS) is 13.6. The van der Waals surface area contributed by atoms with Crippen LogP contribution < -0.4 is 5.32 Å². The summed E-state index contributed by atoms with van der Waals surface area (Å²) in [6, 6.07) is 5.73. The second-order valence-corrected chi connectivity index (χ2v) is 4.60. The Labute approximate surface area is 112 Å². The van der Waals surface area contributed by atoms with Gasteiger partial charge in [-0.25, -0.2) is 0 Å². The Hall–Kier alpha value is -1.07. The van der Waals surface area contributed by atoms with Crippen LogP contribution in [0.5, 0.6) is 0 Å². The van der Waals surface area contributed by atoms with E-state index < -0.39 is 12.8 Å². The van der Waals surface area contributed by atoms with Crippen LogP contribution in [0.2, 0.25) is 0 Å². The van der Waals surface area contributed by atoms with Crippen molar-refractivity contribution < 1.29 is 17.9 Å². The van der Waals surface area contributed by atoms with Gasteiger partial charge in [-0.15, -0.1) is 0 Å². The van der Waals surface area contributed by atoms with Gasteiger partial charge in [0.05, 0.1) is 12.6 Å². The molecule has 0 amide bonds. The maximum atomic E-state index is 12.1. The van der Waals surface area contributed by atoms with Crippen molar-refractivity contribution in [3.05, 3.63) is 34.9 Å². The standard InChI is InChI=1S/C14H20F3NO/c1-4-18-13(8-19-9-14(15,16)17)12-7-10(2)5-6-11(12)3/h5-7,13,18H,4,8-9H2,1-3H3. The molecule has 1 aromatic carbocycles. The Balaban J connectivity index is 2.73. The molecular formula is C14H20F3NO. The Morgan fingerprint density at radius 3 is 2.53 bits per heavy atom. The third-order valence-corrected chi connectivity index (χ3v) is 2.81. The van der Waals surface area contributed by atoms with Gasteiger partial charge in [-0.1, -0.05) is 30.7 Å². The number of benzene rings is 1. The summed E-state index contributed by atoms with van der Waals surface area (Å²) in [4.78, 5) is 0. The highest BCUT2D eigenvalue weighted by Crippen LogP contribution is 2.21. The van der Waals surface area contributed by atoms with Gasteiger partial charge in [-0.05, 0) is 31.5 Å². The van der Waals surface area contributed by atoms with Crippen LogP contribution in [0.15, 0.2) is 18.2 Å². The first-order chi connectivity index (χ1) is 8.83. The maximum Gasteiger partial charge on any atom is 0.411 e. The molecule has 0 aliphatic heterocycles. The molecule has 1 atom stereocenters. The van der Waals surface area contributed by atoms with Crippen molar-refractivity contribution in [3.8, 4) is 0 Å². The average molecular weight is 275 g/mol. The number of alkyl halides is 3. The lowest BCUT2D eigenvalue weighted by molar-refractivity contribution is -0.175. The van der Waals surface area contributed by atoms with Gasteiger partial charge in [0.1, 0.15) is 6.61 Å². The topological polar surface area (TPSA) is 21.3 Å². The zero-order valence-electron chi connectivity index (χ0n) is 11.5. The lowest BCUT2D eigenvalue weighted by atomic mass is 9.99. The smallest absolute Gasteiger partial charge is 0.370 e. The summed E-state index contributed by atoms with van der Waals surface area (Å²) in [5, 5.41) is 3.16. The van der Waals surface area contributed by atoms with E-state index in [9.17, 15) is 13.2 Å². The fourth-order valence-electron chi connectivity index (χ4n) is 1.93. The molecule has 0 bridgehead atoms. The summed E-state index contributed by atoms with van der Waals surface area (Å²) in [5.41, 5.74) is 3.12. The molecule has 0 saturated heterocycles. The second kappa shape index (κ2) is 6.91. The van der Waals surface area contributed by atoms with E-state index in [-0.39, 0.29) is 12.6 Å². The van der Waals surface area contributed by atoms with E-state index in [4.69, 9.17) is 4.74 Å². The maximum absolute atomic E-state index is 12.1. The van der Waals surface area contributed by atoms with E-state index in [1.807, 2.05) is 39.0 Å². The Kier molecular flexibility index (Phi) is 5.82. The second-order valence-electron chi connectivity index (χ2n) is 4.60. The van der Waals surface area contributed by atoms with Crippen LogP contribution in [0.25, 0.3) is 0 Å². The van der Waals surface area contributed by atoms with Gasteiger partial charge >= 0.3 is 6.18 Å². The van der Waals surface area contributed by atoms with Crippen LogP contribution in [0.4, 0.5) is 13.2 Å². The lowest BCUT2D eigenvalue weighted by Crippen LogP contribution is -2.28. The molecular weight excluding hydrogens is 255 g/mol. The van der Waals surface area contributed by atoms with E-state index in [1.54, 1.807) is 0 Å². The molecule has 0 fully saturated rings. The van der Waals surface area contributed by atoms with Crippen LogP contribution in [0.3, 0.4) is 0 Å². The zero-order chi connectivity index (χ0) is 14.5. The molecule has 1 rings (SSSR count). The third kappa shape index (κ3) is 5.61. The predicted molar refractivity (Wildman–Crippen MR) is 69.2 cm³/mol. The zero-order valence-corrected chi connectivity index (χ0v) is 11.5. The highest BCUT2D eigenvalue weighted by Gasteiger charge is 2.28. The summed E-state index contributed by atoms with van der Waals surface area (Å²) in [7, 11) is 0. The number of likely N-dealkylation sites (N-methyl/N-ethyl adjacent to an activating group) is 1. The molecule has 0 spiro atoms. The number of nitrogens with one attached hydrogen (secondary N) is 1. The van der Waals surface area contributed by atoms with Crippen molar-refractivity contribution >= 4 is 0 Å². The van der Waals surface area contributed by atoms with Crippen molar-refractivity contribution in [2.24, 2.45) is 0 Å². The van der Waals surface area contributed by atoms with Gasteiger partial charge in [0.2, 0.25) is 0 Å². The molecule has 19 heavy (non-hydrogen) atoms. The average Bonchev–Trinajstić information content (AvgIpc) is 2.30. The molecule has 108 valence electrons. The first-order valence-electron chi connectivity index (χ1n) is 6.28. The SMILES string of the molecule is CCNC(COCC(F)(F)F)c1cc(C)ccc1C. The fourth-order valence-corrected chi connectivity index (χ4v) is 1.93. The van der Waals surface area contributed by atoms with E-state index in [0.717, 1.165) is 16.7 Å². The Bertz CT molecular complexity index is 404. The van der Waals surface area contributed by atoms with Crippen molar-refractivity contribution in [2.75, 3.05) is 19.8 Å². The number of halogens is 3. The van der Waals surface area contributed by atoms with Crippen LogP contribution in [-0.2, 0) is 4.74 Å². The molecule has 5 heteroatoms. The number of hydrogen-bond donors (Lipinski definition) is 1. The van der Waals surface area contributed by atoms with Crippen LogP contribution in [0.1, 0.15) is 29.7 Å². The van der Waals surface area contributed by atoms with Gasteiger partial charge in [-0.2, -0.15) is 13.2 Å². The minimum absolute atomic E-state index is 0.0116. The number of hydrogen-bond acceptors (Lipinski definition) is 2. The molecule has 0 radical (unpaired) electrons. The number of rotatable bonds is 6. The van der Waals surface area contributed by atoms with Crippen molar-refractivity contribution in [1.29, 1.82) is 0 Å². The summed E-state index contributed by atoms with van der Waals surface area (Å²) in [5.74, 6) is 0. The summed E-state index contributed by atoms with van der Waals surface area (Å²) < 4.78 is 41.1. The molecule has 0 heterocycles.